The van der Waals surface area contributed by atoms with Crippen LogP contribution >= 0.6 is 11.6 Å². The molecule has 0 fully saturated rings. The van der Waals surface area contributed by atoms with Crippen molar-refractivity contribution in [2.75, 3.05) is 4.31 Å². The Morgan fingerprint density at radius 3 is 1.76 bits per heavy atom. The van der Waals surface area contributed by atoms with E-state index in [4.69, 9.17) is 16.3 Å². The Labute approximate surface area is 224 Å². The number of benzene rings is 5. The van der Waals surface area contributed by atoms with Crippen molar-refractivity contribution < 1.29 is 22.7 Å². The van der Waals surface area contributed by atoms with Crippen LogP contribution in [0, 0.1) is 0 Å². The maximum Gasteiger partial charge on any atom is 0.343 e. The van der Waals surface area contributed by atoms with E-state index in [1.807, 2.05) is 0 Å². The Bertz CT molecular complexity index is 1740. The minimum atomic E-state index is -4.37. The first kappa shape index (κ1) is 25.2. The highest BCUT2D eigenvalue weighted by atomic mass is 35.5. The molecule has 0 bridgehead atoms. The smallest absolute Gasteiger partial charge is 0.343 e. The maximum atomic E-state index is 13.9. The highest BCUT2D eigenvalue weighted by molar-refractivity contribution is 7.93. The molecule has 0 atom stereocenters. The number of anilines is 1. The molecule has 0 radical (unpaired) electrons. The summed E-state index contributed by atoms with van der Waals surface area (Å²) in [5.41, 5.74) is 0.527. The summed E-state index contributed by atoms with van der Waals surface area (Å²) < 4.78 is 34.3. The lowest BCUT2D eigenvalue weighted by molar-refractivity contribution is 0.0737. The fourth-order valence-corrected chi connectivity index (χ4v) is 5.73. The zero-order valence-electron chi connectivity index (χ0n) is 19.8. The zero-order valence-corrected chi connectivity index (χ0v) is 21.4. The number of esters is 1. The van der Waals surface area contributed by atoms with Gasteiger partial charge in [0.1, 0.15) is 0 Å². The average molecular weight is 542 g/mol. The molecule has 0 aromatic heterocycles. The van der Waals surface area contributed by atoms with Gasteiger partial charge in [-0.25, -0.2) is 13.2 Å². The van der Waals surface area contributed by atoms with Gasteiger partial charge in [0.15, 0.2) is 5.75 Å². The second-order valence-corrected chi connectivity index (χ2v) is 10.5. The highest BCUT2D eigenvalue weighted by Gasteiger charge is 2.34. The van der Waals surface area contributed by atoms with Crippen molar-refractivity contribution in [3.63, 3.8) is 0 Å². The van der Waals surface area contributed by atoms with Crippen molar-refractivity contribution in [3.8, 4) is 5.75 Å². The second kappa shape index (κ2) is 10.5. The molecule has 5 aromatic carbocycles. The molecule has 0 saturated carbocycles. The van der Waals surface area contributed by atoms with Crippen LogP contribution in [-0.4, -0.2) is 20.3 Å². The third-order valence-corrected chi connectivity index (χ3v) is 7.83. The van der Waals surface area contributed by atoms with Gasteiger partial charge in [0.2, 0.25) is 0 Å². The quantitative estimate of drug-likeness (QED) is 0.175. The molecule has 0 spiro atoms. The van der Waals surface area contributed by atoms with Crippen LogP contribution < -0.4 is 9.04 Å². The van der Waals surface area contributed by atoms with Crippen LogP contribution in [0.25, 0.3) is 10.8 Å². The molecule has 0 N–H and O–H groups in total. The first-order valence-electron chi connectivity index (χ1n) is 11.6. The summed E-state index contributed by atoms with van der Waals surface area (Å²) in [6.07, 6.45) is 0. The Balaban J connectivity index is 1.71. The fraction of sp³-hybridized carbons (Fsp3) is 0. The minimum absolute atomic E-state index is 0.0304. The van der Waals surface area contributed by atoms with Gasteiger partial charge in [0.25, 0.3) is 15.9 Å². The van der Waals surface area contributed by atoms with Gasteiger partial charge in [-0.2, -0.15) is 4.31 Å². The van der Waals surface area contributed by atoms with E-state index in [0.29, 0.717) is 16.3 Å². The van der Waals surface area contributed by atoms with E-state index in [0.717, 1.165) is 4.31 Å². The molecule has 8 heteroatoms. The minimum Gasteiger partial charge on any atom is -0.421 e. The summed E-state index contributed by atoms with van der Waals surface area (Å²) >= 11 is 6.62. The molecule has 6 nitrogen and oxygen atoms in total. The molecular weight excluding hydrogens is 522 g/mol. The number of sulfonamides is 1. The number of hydrogen-bond acceptors (Lipinski definition) is 5. The number of carbonyl (C=O) groups is 2. The van der Waals surface area contributed by atoms with Crippen LogP contribution in [-0.2, 0) is 10.0 Å². The summed E-state index contributed by atoms with van der Waals surface area (Å²) in [7, 11) is -4.37. The number of amides is 1. The first-order chi connectivity index (χ1) is 18.4. The van der Waals surface area contributed by atoms with E-state index in [1.165, 1.54) is 30.3 Å². The number of carbonyl (C=O) groups excluding carboxylic acids is 2. The van der Waals surface area contributed by atoms with Crippen molar-refractivity contribution in [3.05, 3.63) is 137 Å². The molecule has 5 rings (SSSR count). The van der Waals surface area contributed by atoms with Gasteiger partial charge in [0.05, 0.1) is 21.2 Å². The van der Waals surface area contributed by atoms with Crippen LogP contribution in [0.1, 0.15) is 20.7 Å². The maximum absolute atomic E-state index is 13.9. The standard InChI is InChI=1S/C30H20ClNO5S/c31-26-20-27(24-18-10-11-19-25(24)28(26)37-30(34)22-14-6-2-7-15-22)32(29(33)21-12-4-1-5-13-21)38(35,36)23-16-8-3-9-17-23/h1-20H. The number of hydrogen-bond donors (Lipinski definition) is 0. The second-order valence-electron chi connectivity index (χ2n) is 8.26. The third-order valence-electron chi connectivity index (χ3n) is 5.84. The number of ether oxygens (including phenoxy) is 1. The van der Waals surface area contributed by atoms with Crippen molar-refractivity contribution in [2.24, 2.45) is 0 Å². The SMILES string of the molecule is O=C(Oc1c(Cl)cc(N(C(=O)c2ccccc2)S(=O)(=O)c2ccccc2)c2ccccc12)c1ccccc1. The van der Waals surface area contributed by atoms with Gasteiger partial charge in [-0.1, -0.05) is 90.5 Å². The third kappa shape index (κ3) is 4.77. The monoisotopic (exact) mass is 541 g/mol. The molecule has 0 aliphatic rings. The largest absolute Gasteiger partial charge is 0.421 e. The molecule has 38 heavy (non-hydrogen) atoms. The topological polar surface area (TPSA) is 80.8 Å². The lowest BCUT2D eigenvalue weighted by Crippen LogP contribution is -2.37. The highest BCUT2D eigenvalue weighted by Crippen LogP contribution is 2.42. The van der Waals surface area contributed by atoms with E-state index in [1.54, 1.807) is 91.0 Å². The van der Waals surface area contributed by atoms with Crippen molar-refractivity contribution in [1.29, 1.82) is 0 Å². The summed E-state index contributed by atoms with van der Waals surface area (Å²) in [6, 6.07) is 32.2. The molecule has 0 heterocycles. The summed E-state index contributed by atoms with van der Waals surface area (Å²) in [5, 5.41) is 0.696. The molecular formula is C30H20ClNO5S. The summed E-state index contributed by atoms with van der Waals surface area (Å²) in [5.74, 6) is -1.33. The van der Waals surface area contributed by atoms with Crippen LogP contribution in [0.15, 0.2) is 126 Å². The Hall–Kier alpha value is -4.46. The van der Waals surface area contributed by atoms with Gasteiger partial charge >= 0.3 is 5.97 Å². The van der Waals surface area contributed by atoms with E-state index in [9.17, 15) is 18.0 Å². The number of rotatable bonds is 6. The first-order valence-corrected chi connectivity index (χ1v) is 13.4. The molecule has 0 aliphatic carbocycles. The lowest BCUT2D eigenvalue weighted by Gasteiger charge is -2.25. The normalized spacial score (nSPS) is 11.2. The van der Waals surface area contributed by atoms with Gasteiger partial charge < -0.3 is 4.74 Å². The number of nitrogens with zero attached hydrogens (tertiary/aromatic N) is 1. The molecule has 0 unspecified atom stereocenters. The van der Waals surface area contributed by atoms with Crippen LogP contribution in [0.5, 0.6) is 5.75 Å². The van der Waals surface area contributed by atoms with Crippen molar-refractivity contribution >= 4 is 50.0 Å². The lowest BCUT2D eigenvalue weighted by atomic mass is 10.1. The van der Waals surface area contributed by atoms with Gasteiger partial charge in [-0.15, -0.1) is 0 Å². The molecule has 5 aromatic rings. The molecule has 0 aliphatic heterocycles. The predicted octanol–water partition coefficient (Wildman–Crippen LogP) is 6.75. The summed E-state index contributed by atoms with van der Waals surface area (Å²) in [6.45, 7) is 0. The Kier molecular flexibility index (Phi) is 6.96. The zero-order chi connectivity index (χ0) is 26.7. The van der Waals surface area contributed by atoms with Gasteiger partial charge in [0, 0.05) is 16.3 Å². The van der Waals surface area contributed by atoms with E-state index >= 15 is 0 Å². The summed E-state index contributed by atoms with van der Waals surface area (Å²) in [4.78, 5) is 26.5. The van der Waals surface area contributed by atoms with Gasteiger partial charge in [-0.3, -0.25) is 4.79 Å². The number of halogens is 1. The molecule has 188 valence electrons. The number of fused-ring (bicyclic) bond motifs is 1. The Morgan fingerprint density at radius 2 is 1.16 bits per heavy atom. The van der Waals surface area contributed by atoms with E-state index in [-0.39, 0.29) is 26.9 Å². The molecule has 0 saturated heterocycles. The van der Waals surface area contributed by atoms with Gasteiger partial charge in [-0.05, 0) is 42.5 Å². The average Bonchev–Trinajstić information content (AvgIpc) is 2.96. The van der Waals surface area contributed by atoms with Crippen molar-refractivity contribution in [2.45, 2.75) is 4.90 Å². The van der Waals surface area contributed by atoms with E-state index < -0.39 is 21.9 Å². The van der Waals surface area contributed by atoms with Crippen LogP contribution in [0.2, 0.25) is 5.02 Å². The van der Waals surface area contributed by atoms with Crippen molar-refractivity contribution in [1.82, 2.24) is 0 Å². The predicted molar refractivity (Wildman–Crippen MR) is 147 cm³/mol. The van der Waals surface area contributed by atoms with Crippen LogP contribution in [0.4, 0.5) is 5.69 Å². The van der Waals surface area contributed by atoms with Crippen LogP contribution in [0.3, 0.4) is 0 Å². The fourth-order valence-electron chi connectivity index (χ4n) is 4.04. The molecule has 1 amide bonds. The van der Waals surface area contributed by atoms with E-state index in [2.05, 4.69) is 0 Å². The Morgan fingerprint density at radius 1 is 0.658 bits per heavy atom.